The Morgan fingerprint density at radius 1 is 1.45 bits per heavy atom. The van der Waals surface area contributed by atoms with Gasteiger partial charge >= 0.3 is 5.97 Å². The maximum absolute atomic E-state index is 11.0. The van der Waals surface area contributed by atoms with E-state index in [0.29, 0.717) is 6.42 Å². The van der Waals surface area contributed by atoms with Gasteiger partial charge < -0.3 is 10.5 Å². The highest BCUT2D eigenvalue weighted by atomic mass is 16.5. The van der Waals surface area contributed by atoms with E-state index in [4.69, 9.17) is 10.5 Å². The van der Waals surface area contributed by atoms with Crippen LogP contribution in [0.25, 0.3) is 0 Å². The zero-order chi connectivity index (χ0) is 8.85. The first kappa shape index (κ1) is 10.4. The number of carbonyl (C=O) groups is 1. The maximum atomic E-state index is 11.0. The molecule has 0 radical (unpaired) electrons. The summed E-state index contributed by atoms with van der Waals surface area (Å²) in [4.78, 5) is 11.0. The molecule has 0 aliphatic heterocycles. The second-order valence-corrected chi connectivity index (χ2v) is 2.67. The fourth-order valence-electron chi connectivity index (χ4n) is 0.536. The predicted molar refractivity (Wildman–Crippen MR) is 44.1 cm³/mol. The van der Waals surface area contributed by atoms with Crippen molar-refractivity contribution in [3.05, 3.63) is 0 Å². The van der Waals surface area contributed by atoms with Crippen molar-refractivity contribution in [1.82, 2.24) is 0 Å². The van der Waals surface area contributed by atoms with Crippen LogP contribution in [0.1, 0.15) is 33.6 Å². The minimum Gasteiger partial charge on any atom is -0.462 e. The maximum Gasteiger partial charge on any atom is 0.323 e. The summed E-state index contributed by atoms with van der Waals surface area (Å²) in [6.45, 7) is 5.69. The fourth-order valence-corrected chi connectivity index (χ4v) is 0.536. The first-order valence-electron chi connectivity index (χ1n) is 4.07. The van der Waals surface area contributed by atoms with Gasteiger partial charge in [0.25, 0.3) is 0 Å². The van der Waals surface area contributed by atoms with Gasteiger partial charge in [-0.15, -0.1) is 0 Å². The quantitative estimate of drug-likeness (QED) is 0.624. The summed E-state index contributed by atoms with van der Waals surface area (Å²) >= 11 is 0. The highest BCUT2D eigenvalue weighted by Crippen LogP contribution is 1.99. The van der Waals surface area contributed by atoms with Gasteiger partial charge in [-0.1, -0.05) is 13.8 Å². The molecule has 0 aliphatic carbocycles. The van der Waals surface area contributed by atoms with Crippen LogP contribution in [-0.2, 0) is 9.53 Å². The lowest BCUT2D eigenvalue weighted by molar-refractivity contribution is -0.150. The van der Waals surface area contributed by atoms with Gasteiger partial charge in [0.15, 0.2) is 0 Å². The zero-order valence-corrected chi connectivity index (χ0v) is 7.46. The molecule has 0 amide bonds. The van der Waals surface area contributed by atoms with Crippen molar-refractivity contribution in [3.8, 4) is 0 Å². The topological polar surface area (TPSA) is 52.3 Å². The SMILES string of the molecule is CC[C@@H](C)OC(=O)[C@H](N)CC. The Kier molecular flexibility index (Phi) is 4.86. The summed E-state index contributed by atoms with van der Waals surface area (Å²) in [7, 11) is 0. The monoisotopic (exact) mass is 159 g/mol. The van der Waals surface area contributed by atoms with E-state index in [1.165, 1.54) is 0 Å². The van der Waals surface area contributed by atoms with Gasteiger partial charge in [-0.05, 0) is 19.8 Å². The van der Waals surface area contributed by atoms with Gasteiger partial charge in [-0.2, -0.15) is 0 Å². The van der Waals surface area contributed by atoms with E-state index in [9.17, 15) is 4.79 Å². The second kappa shape index (κ2) is 5.13. The molecule has 2 N–H and O–H groups in total. The number of nitrogens with two attached hydrogens (primary N) is 1. The van der Waals surface area contributed by atoms with Crippen molar-refractivity contribution in [2.24, 2.45) is 5.73 Å². The molecule has 0 bridgehead atoms. The Labute approximate surface area is 67.9 Å². The normalized spacial score (nSPS) is 15.6. The van der Waals surface area contributed by atoms with Gasteiger partial charge in [-0.25, -0.2) is 0 Å². The van der Waals surface area contributed by atoms with E-state index in [1.54, 1.807) is 0 Å². The van der Waals surface area contributed by atoms with E-state index in [1.807, 2.05) is 20.8 Å². The summed E-state index contributed by atoms with van der Waals surface area (Å²) in [5.41, 5.74) is 5.44. The average Bonchev–Trinajstić information content (AvgIpc) is 2.02. The zero-order valence-electron chi connectivity index (χ0n) is 7.46. The van der Waals surface area contributed by atoms with Gasteiger partial charge in [-0.3, -0.25) is 4.79 Å². The van der Waals surface area contributed by atoms with Crippen molar-refractivity contribution in [2.75, 3.05) is 0 Å². The third kappa shape index (κ3) is 3.98. The lowest BCUT2D eigenvalue weighted by atomic mass is 10.2. The fraction of sp³-hybridized carbons (Fsp3) is 0.875. The number of hydrogen-bond acceptors (Lipinski definition) is 3. The molecule has 0 aliphatic rings. The molecular formula is C8H17NO2. The van der Waals surface area contributed by atoms with Crippen LogP contribution in [-0.4, -0.2) is 18.1 Å². The van der Waals surface area contributed by atoms with Gasteiger partial charge in [0.1, 0.15) is 6.04 Å². The highest BCUT2D eigenvalue weighted by molar-refractivity contribution is 5.75. The van der Waals surface area contributed by atoms with Gasteiger partial charge in [0.2, 0.25) is 0 Å². The van der Waals surface area contributed by atoms with Gasteiger partial charge in [0, 0.05) is 0 Å². The summed E-state index contributed by atoms with van der Waals surface area (Å²) < 4.78 is 4.99. The van der Waals surface area contributed by atoms with Crippen LogP contribution in [0.2, 0.25) is 0 Å². The van der Waals surface area contributed by atoms with Crippen molar-refractivity contribution in [2.45, 2.75) is 45.8 Å². The van der Waals surface area contributed by atoms with E-state index < -0.39 is 6.04 Å². The minimum absolute atomic E-state index is 0.0138. The Balaban J connectivity index is 3.68. The smallest absolute Gasteiger partial charge is 0.323 e. The molecule has 0 heterocycles. The summed E-state index contributed by atoms with van der Waals surface area (Å²) in [6, 6.07) is -0.455. The highest BCUT2D eigenvalue weighted by Gasteiger charge is 2.14. The van der Waals surface area contributed by atoms with Crippen molar-refractivity contribution in [1.29, 1.82) is 0 Å². The molecule has 2 atom stereocenters. The molecular weight excluding hydrogens is 142 g/mol. The lowest BCUT2D eigenvalue weighted by Gasteiger charge is -2.13. The van der Waals surface area contributed by atoms with Crippen LogP contribution in [0.5, 0.6) is 0 Å². The Bertz CT molecular complexity index is 125. The number of esters is 1. The van der Waals surface area contributed by atoms with E-state index >= 15 is 0 Å². The molecule has 11 heavy (non-hydrogen) atoms. The van der Waals surface area contributed by atoms with Crippen LogP contribution in [0.15, 0.2) is 0 Å². The molecule has 0 rings (SSSR count). The van der Waals surface area contributed by atoms with Crippen LogP contribution in [0.4, 0.5) is 0 Å². The molecule has 0 aromatic heterocycles. The molecule has 0 aromatic rings. The number of ether oxygens (including phenoxy) is 1. The molecule has 66 valence electrons. The first-order chi connectivity index (χ1) is 5.11. The molecule has 3 heteroatoms. The average molecular weight is 159 g/mol. The largest absolute Gasteiger partial charge is 0.462 e. The first-order valence-corrected chi connectivity index (χ1v) is 4.07. The molecule has 0 spiro atoms. The van der Waals surface area contributed by atoms with Crippen LogP contribution in [0.3, 0.4) is 0 Å². The molecule has 0 fully saturated rings. The van der Waals surface area contributed by atoms with Crippen LogP contribution < -0.4 is 5.73 Å². The van der Waals surface area contributed by atoms with Crippen molar-refractivity contribution >= 4 is 5.97 Å². The molecule has 0 saturated carbocycles. The Morgan fingerprint density at radius 3 is 2.36 bits per heavy atom. The molecule has 3 nitrogen and oxygen atoms in total. The summed E-state index contributed by atoms with van der Waals surface area (Å²) in [5, 5.41) is 0. The van der Waals surface area contributed by atoms with Crippen LogP contribution in [0, 0.1) is 0 Å². The number of rotatable bonds is 4. The molecule has 0 unspecified atom stereocenters. The van der Waals surface area contributed by atoms with E-state index in [2.05, 4.69) is 0 Å². The van der Waals surface area contributed by atoms with Crippen molar-refractivity contribution < 1.29 is 9.53 Å². The third-order valence-electron chi connectivity index (χ3n) is 1.63. The molecule has 0 aromatic carbocycles. The minimum atomic E-state index is -0.455. The lowest BCUT2D eigenvalue weighted by Crippen LogP contribution is -2.33. The predicted octanol–water partition coefficient (Wildman–Crippen LogP) is 1.07. The summed E-state index contributed by atoms with van der Waals surface area (Å²) in [5.74, 6) is -0.290. The van der Waals surface area contributed by atoms with Crippen LogP contribution >= 0.6 is 0 Å². The summed E-state index contributed by atoms with van der Waals surface area (Å²) in [6.07, 6.45) is 1.46. The molecule has 0 saturated heterocycles. The Morgan fingerprint density at radius 2 is 2.00 bits per heavy atom. The number of hydrogen-bond donors (Lipinski definition) is 1. The van der Waals surface area contributed by atoms with Crippen molar-refractivity contribution in [3.63, 3.8) is 0 Å². The number of carbonyl (C=O) groups excluding carboxylic acids is 1. The van der Waals surface area contributed by atoms with E-state index in [0.717, 1.165) is 6.42 Å². The Hall–Kier alpha value is -0.570. The van der Waals surface area contributed by atoms with Gasteiger partial charge in [0.05, 0.1) is 6.10 Å². The third-order valence-corrected chi connectivity index (χ3v) is 1.63. The standard InChI is InChI=1S/C8H17NO2/c1-4-6(3)11-8(10)7(9)5-2/h6-7H,4-5,9H2,1-3H3/t6-,7-/m1/s1. The van der Waals surface area contributed by atoms with E-state index in [-0.39, 0.29) is 12.1 Å². The second-order valence-electron chi connectivity index (χ2n) is 2.67.